The van der Waals surface area contributed by atoms with Gasteiger partial charge in [-0.05, 0) is 44.9 Å². The summed E-state index contributed by atoms with van der Waals surface area (Å²) in [5.74, 6) is 0.442. The molecule has 1 aromatic rings. The Labute approximate surface area is 156 Å². The topological polar surface area (TPSA) is 52.7 Å². The number of rotatable bonds is 4. The standard InChI is InChI=1S/C19H27N3O2.ClH/c1-20-14-17-8-5-11-22(17)19(24)16-9-12-21(13-10-16)18(23)15-6-3-2-4-7-15;/h2-4,6-7,16-17,20H,5,8-14H2,1H3;1H. The van der Waals surface area contributed by atoms with E-state index in [-0.39, 0.29) is 24.2 Å². The zero-order valence-electron chi connectivity index (χ0n) is 14.8. The number of halogens is 1. The summed E-state index contributed by atoms with van der Waals surface area (Å²) in [7, 11) is 1.94. The largest absolute Gasteiger partial charge is 0.339 e. The number of likely N-dealkylation sites (tertiary alicyclic amines) is 2. The van der Waals surface area contributed by atoms with Crippen LogP contribution in [0, 0.1) is 5.92 Å². The van der Waals surface area contributed by atoms with Gasteiger partial charge in [0.2, 0.25) is 5.91 Å². The molecule has 2 saturated heterocycles. The van der Waals surface area contributed by atoms with Crippen LogP contribution in [-0.4, -0.2) is 60.9 Å². The summed E-state index contributed by atoms with van der Waals surface area (Å²) in [5, 5.41) is 3.19. The van der Waals surface area contributed by atoms with Crippen LogP contribution in [-0.2, 0) is 4.79 Å². The number of carbonyl (C=O) groups excluding carboxylic acids is 2. The van der Waals surface area contributed by atoms with Crippen molar-refractivity contribution in [2.24, 2.45) is 5.92 Å². The Bertz CT molecular complexity index is 573. The van der Waals surface area contributed by atoms with Gasteiger partial charge in [-0.2, -0.15) is 0 Å². The lowest BCUT2D eigenvalue weighted by Gasteiger charge is -2.35. The lowest BCUT2D eigenvalue weighted by Crippen LogP contribution is -2.47. The molecular weight excluding hydrogens is 338 g/mol. The van der Waals surface area contributed by atoms with Crippen LogP contribution in [0.5, 0.6) is 0 Å². The molecule has 2 aliphatic rings. The van der Waals surface area contributed by atoms with Gasteiger partial charge >= 0.3 is 0 Å². The van der Waals surface area contributed by atoms with E-state index in [0.717, 1.165) is 44.3 Å². The summed E-state index contributed by atoms with van der Waals surface area (Å²) in [5.41, 5.74) is 0.732. The van der Waals surface area contributed by atoms with E-state index in [1.165, 1.54) is 0 Å². The highest BCUT2D eigenvalue weighted by molar-refractivity contribution is 5.94. The monoisotopic (exact) mass is 365 g/mol. The third-order valence-corrected chi connectivity index (χ3v) is 5.25. The molecule has 0 aliphatic carbocycles. The highest BCUT2D eigenvalue weighted by atomic mass is 35.5. The predicted octanol–water partition coefficient (Wildman–Crippen LogP) is 2.17. The first kappa shape index (κ1) is 19.7. The molecule has 2 heterocycles. The van der Waals surface area contributed by atoms with E-state index < -0.39 is 0 Å². The number of carbonyl (C=O) groups is 2. The van der Waals surface area contributed by atoms with Crippen molar-refractivity contribution in [2.45, 2.75) is 31.7 Å². The van der Waals surface area contributed by atoms with Crippen molar-refractivity contribution in [2.75, 3.05) is 33.2 Å². The van der Waals surface area contributed by atoms with E-state index in [2.05, 4.69) is 10.2 Å². The van der Waals surface area contributed by atoms with Gasteiger partial charge in [0.1, 0.15) is 0 Å². The first-order valence-electron chi connectivity index (χ1n) is 9.00. The number of hydrogen-bond acceptors (Lipinski definition) is 3. The SMILES string of the molecule is CNCC1CCCN1C(=O)C1CCN(C(=O)c2ccccc2)CC1.Cl. The van der Waals surface area contributed by atoms with Crippen LogP contribution in [0.4, 0.5) is 0 Å². The smallest absolute Gasteiger partial charge is 0.253 e. The lowest BCUT2D eigenvalue weighted by molar-refractivity contribution is -0.137. The molecule has 138 valence electrons. The third-order valence-electron chi connectivity index (χ3n) is 5.25. The number of nitrogens with one attached hydrogen (secondary N) is 1. The molecule has 1 atom stereocenters. The molecular formula is C19H28ClN3O2. The van der Waals surface area contributed by atoms with Crippen molar-refractivity contribution < 1.29 is 9.59 Å². The Hall–Kier alpha value is -1.59. The molecule has 6 heteroatoms. The zero-order valence-corrected chi connectivity index (χ0v) is 15.6. The van der Waals surface area contributed by atoms with Gasteiger partial charge in [-0.15, -0.1) is 12.4 Å². The molecule has 0 aromatic heterocycles. The molecule has 5 nitrogen and oxygen atoms in total. The molecule has 2 amide bonds. The molecule has 0 bridgehead atoms. The van der Waals surface area contributed by atoms with Crippen LogP contribution in [0.2, 0.25) is 0 Å². The number of nitrogens with zero attached hydrogens (tertiary/aromatic N) is 2. The second kappa shape index (κ2) is 9.20. The Morgan fingerprint density at radius 2 is 1.76 bits per heavy atom. The van der Waals surface area contributed by atoms with Crippen LogP contribution in [0.25, 0.3) is 0 Å². The number of piperidine rings is 1. The molecule has 2 aliphatic heterocycles. The maximum atomic E-state index is 12.8. The predicted molar refractivity (Wildman–Crippen MR) is 101 cm³/mol. The minimum Gasteiger partial charge on any atom is -0.339 e. The van der Waals surface area contributed by atoms with Gasteiger partial charge in [0.25, 0.3) is 5.91 Å². The van der Waals surface area contributed by atoms with E-state index in [1.807, 2.05) is 42.3 Å². The average Bonchev–Trinajstić information content (AvgIpc) is 3.10. The first-order chi connectivity index (χ1) is 11.7. The second-order valence-electron chi connectivity index (χ2n) is 6.82. The lowest BCUT2D eigenvalue weighted by atomic mass is 9.94. The molecule has 1 unspecified atom stereocenters. The van der Waals surface area contributed by atoms with Gasteiger partial charge in [-0.1, -0.05) is 18.2 Å². The molecule has 0 saturated carbocycles. The van der Waals surface area contributed by atoms with E-state index in [1.54, 1.807) is 0 Å². The summed E-state index contributed by atoms with van der Waals surface area (Å²) < 4.78 is 0. The maximum absolute atomic E-state index is 12.8. The maximum Gasteiger partial charge on any atom is 0.253 e. The summed E-state index contributed by atoms with van der Waals surface area (Å²) in [6, 6.07) is 9.74. The normalized spacial score (nSPS) is 21.1. The Morgan fingerprint density at radius 1 is 1.08 bits per heavy atom. The van der Waals surface area contributed by atoms with Gasteiger partial charge in [0.05, 0.1) is 0 Å². The summed E-state index contributed by atoms with van der Waals surface area (Å²) in [6.07, 6.45) is 3.75. The van der Waals surface area contributed by atoms with Gasteiger partial charge in [0, 0.05) is 43.7 Å². The van der Waals surface area contributed by atoms with Crippen LogP contribution in [0.15, 0.2) is 30.3 Å². The molecule has 2 fully saturated rings. The molecule has 1 aromatic carbocycles. The third kappa shape index (κ3) is 4.53. The minimum atomic E-state index is 0. The van der Waals surface area contributed by atoms with E-state index >= 15 is 0 Å². The number of benzene rings is 1. The molecule has 0 spiro atoms. The zero-order chi connectivity index (χ0) is 16.9. The number of amides is 2. The van der Waals surface area contributed by atoms with Crippen molar-refractivity contribution in [1.29, 1.82) is 0 Å². The van der Waals surface area contributed by atoms with E-state index in [4.69, 9.17) is 0 Å². The molecule has 1 N–H and O–H groups in total. The minimum absolute atomic E-state index is 0. The van der Waals surface area contributed by atoms with E-state index in [9.17, 15) is 9.59 Å². The van der Waals surface area contributed by atoms with Gasteiger partial charge in [-0.3, -0.25) is 9.59 Å². The van der Waals surface area contributed by atoms with E-state index in [0.29, 0.717) is 25.0 Å². The fourth-order valence-corrected chi connectivity index (χ4v) is 3.90. The van der Waals surface area contributed by atoms with Crippen molar-refractivity contribution in [3.05, 3.63) is 35.9 Å². The van der Waals surface area contributed by atoms with Crippen LogP contribution in [0.1, 0.15) is 36.0 Å². The fourth-order valence-electron chi connectivity index (χ4n) is 3.90. The van der Waals surface area contributed by atoms with Crippen molar-refractivity contribution in [3.8, 4) is 0 Å². The Balaban J connectivity index is 0.00000225. The quantitative estimate of drug-likeness (QED) is 0.889. The average molecular weight is 366 g/mol. The summed E-state index contributed by atoms with van der Waals surface area (Å²) in [4.78, 5) is 29.3. The van der Waals surface area contributed by atoms with Crippen LogP contribution < -0.4 is 5.32 Å². The summed E-state index contributed by atoms with van der Waals surface area (Å²) in [6.45, 7) is 3.11. The van der Waals surface area contributed by atoms with Gasteiger partial charge in [0.15, 0.2) is 0 Å². The van der Waals surface area contributed by atoms with Crippen LogP contribution in [0.3, 0.4) is 0 Å². The highest BCUT2D eigenvalue weighted by Crippen LogP contribution is 2.25. The van der Waals surface area contributed by atoms with Crippen LogP contribution >= 0.6 is 12.4 Å². The fraction of sp³-hybridized carbons (Fsp3) is 0.579. The molecule has 0 radical (unpaired) electrons. The van der Waals surface area contributed by atoms with Crippen molar-refractivity contribution in [1.82, 2.24) is 15.1 Å². The molecule has 3 rings (SSSR count). The highest BCUT2D eigenvalue weighted by Gasteiger charge is 2.35. The van der Waals surface area contributed by atoms with Crippen molar-refractivity contribution in [3.63, 3.8) is 0 Å². The Morgan fingerprint density at radius 3 is 2.40 bits per heavy atom. The first-order valence-corrected chi connectivity index (χ1v) is 9.00. The second-order valence-corrected chi connectivity index (χ2v) is 6.82. The van der Waals surface area contributed by atoms with Gasteiger partial charge < -0.3 is 15.1 Å². The molecule has 25 heavy (non-hydrogen) atoms. The Kier molecular flexibility index (Phi) is 7.26. The number of hydrogen-bond donors (Lipinski definition) is 1. The summed E-state index contributed by atoms with van der Waals surface area (Å²) >= 11 is 0. The van der Waals surface area contributed by atoms with Gasteiger partial charge in [-0.25, -0.2) is 0 Å². The number of likely N-dealkylation sites (N-methyl/N-ethyl adjacent to an activating group) is 1. The van der Waals surface area contributed by atoms with Crippen molar-refractivity contribution >= 4 is 24.2 Å².